The van der Waals surface area contributed by atoms with Gasteiger partial charge in [-0.1, -0.05) is 18.2 Å². The van der Waals surface area contributed by atoms with Crippen molar-refractivity contribution in [2.45, 2.75) is 65.8 Å². The Hall–Kier alpha value is -3.25. The number of hydrogen-bond donors (Lipinski definition) is 0. The molecule has 0 aromatic heterocycles. The molecule has 43 heavy (non-hydrogen) atoms. The Morgan fingerprint density at radius 2 is 1.56 bits per heavy atom. The molecule has 2 aromatic rings. The highest BCUT2D eigenvalue weighted by atomic mass is 32.2. The van der Waals surface area contributed by atoms with Crippen molar-refractivity contribution in [1.29, 1.82) is 5.26 Å². The number of ether oxygens (including phenoxy) is 1. The molecule has 0 unspecified atom stereocenters. The van der Waals surface area contributed by atoms with E-state index in [-0.39, 0.29) is 69.1 Å². The van der Waals surface area contributed by atoms with Crippen LogP contribution >= 0.6 is 0 Å². The fourth-order valence-corrected chi connectivity index (χ4v) is 9.03. The highest BCUT2D eigenvalue weighted by Crippen LogP contribution is 2.57. The summed E-state index contributed by atoms with van der Waals surface area (Å²) < 4.78 is 142. The summed E-state index contributed by atoms with van der Waals surface area (Å²) in [7, 11) is -4.63. The van der Waals surface area contributed by atoms with Gasteiger partial charge in [0, 0.05) is 25.3 Å². The Morgan fingerprint density at radius 1 is 0.953 bits per heavy atom. The minimum atomic E-state index is -6.37. The Balaban J connectivity index is 1.70. The zero-order valence-corrected chi connectivity index (χ0v) is 23.1. The van der Waals surface area contributed by atoms with Gasteiger partial charge in [-0.2, -0.15) is 31.6 Å². The van der Waals surface area contributed by atoms with Crippen molar-refractivity contribution < 1.29 is 53.1 Å². The first-order chi connectivity index (χ1) is 20.0. The molecule has 2 aliphatic heterocycles. The number of aryl methyl sites for hydroxylation is 1. The molecule has 1 amide bonds. The van der Waals surface area contributed by atoms with E-state index >= 15 is 0 Å². The molecule has 0 spiro atoms. The number of hydrogen-bond acceptors (Lipinski definition) is 5. The van der Waals surface area contributed by atoms with Gasteiger partial charge in [0.05, 0.1) is 17.0 Å². The lowest BCUT2D eigenvalue weighted by Crippen LogP contribution is -2.55. The lowest BCUT2D eigenvalue weighted by Gasteiger charge is -2.44. The molecule has 2 aromatic carbocycles. The predicted molar refractivity (Wildman–Crippen MR) is 133 cm³/mol. The molecule has 2 heterocycles. The van der Waals surface area contributed by atoms with Gasteiger partial charge in [0.2, 0.25) is 5.91 Å². The third kappa shape index (κ3) is 4.43. The SMILES string of the molecule is N#CC1(C(=O)N2CC[C@@]3(S(=O)(=O)c4ccc(F)cc4)c4ccc(C(F)(C(F)(F)F)C(F)(F)F)cc4CC[C@@H]23)CCOCC1. The largest absolute Gasteiger partial charge is 0.435 e. The van der Waals surface area contributed by atoms with Crippen molar-refractivity contribution >= 4 is 15.7 Å². The molecule has 0 bridgehead atoms. The molecule has 2 saturated heterocycles. The Morgan fingerprint density at radius 3 is 2.12 bits per heavy atom. The Kier molecular flexibility index (Phi) is 7.36. The van der Waals surface area contributed by atoms with E-state index in [1.807, 2.05) is 6.07 Å². The number of fused-ring (bicyclic) bond motifs is 3. The van der Waals surface area contributed by atoms with E-state index in [0.717, 1.165) is 30.3 Å². The molecule has 0 saturated carbocycles. The maximum absolute atomic E-state index is 15.0. The molecule has 2 atom stereocenters. The number of amides is 1. The van der Waals surface area contributed by atoms with E-state index in [1.165, 1.54) is 4.90 Å². The smallest absolute Gasteiger partial charge is 0.381 e. The van der Waals surface area contributed by atoms with Crippen LogP contribution in [-0.4, -0.2) is 57.4 Å². The quantitative estimate of drug-likeness (QED) is 0.320. The van der Waals surface area contributed by atoms with Crippen molar-refractivity contribution in [3.05, 3.63) is 65.0 Å². The second kappa shape index (κ2) is 10.2. The minimum absolute atomic E-state index is 0.0384. The topological polar surface area (TPSA) is 87.5 Å². The lowest BCUT2D eigenvalue weighted by atomic mass is 9.76. The van der Waals surface area contributed by atoms with E-state index in [9.17, 15) is 53.6 Å². The van der Waals surface area contributed by atoms with Gasteiger partial charge >= 0.3 is 18.0 Å². The monoisotopic (exact) mass is 636 g/mol. The van der Waals surface area contributed by atoms with Crippen molar-refractivity contribution in [3.63, 3.8) is 0 Å². The maximum atomic E-state index is 15.0. The van der Waals surface area contributed by atoms with Crippen LogP contribution in [0.15, 0.2) is 47.4 Å². The molecule has 3 aliphatic rings. The molecule has 0 radical (unpaired) electrons. The second-order valence-electron chi connectivity index (χ2n) is 11.0. The Labute approximate surface area is 241 Å². The van der Waals surface area contributed by atoms with Crippen LogP contribution in [0.4, 0.5) is 35.1 Å². The molecule has 5 rings (SSSR count). The average molecular weight is 637 g/mol. The van der Waals surface area contributed by atoms with Gasteiger partial charge in [-0.3, -0.25) is 4.79 Å². The molecule has 232 valence electrons. The summed E-state index contributed by atoms with van der Waals surface area (Å²) in [5.41, 5.74) is -9.45. The molecule has 2 fully saturated rings. The van der Waals surface area contributed by atoms with Crippen LogP contribution in [0.25, 0.3) is 0 Å². The van der Waals surface area contributed by atoms with Crippen LogP contribution < -0.4 is 0 Å². The van der Waals surface area contributed by atoms with Crippen molar-refractivity contribution in [3.8, 4) is 6.07 Å². The third-order valence-corrected chi connectivity index (χ3v) is 11.4. The van der Waals surface area contributed by atoms with Gasteiger partial charge < -0.3 is 9.64 Å². The van der Waals surface area contributed by atoms with Crippen LogP contribution in [-0.2, 0) is 36.2 Å². The van der Waals surface area contributed by atoms with Crippen molar-refractivity contribution in [1.82, 2.24) is 4.90 Å². The van der Waals surface area contributed by atoms with E-state index in [2.05, 4.69) is 0 Å². The third-order valence-electron chi connectivity index (χ3n) is 8.90. The number of sulfone groups is 1. The van der Waals surface area contributed by atoms with E-state index < -0.39 is 66.2 Å². The number of rotatable bonds is 4. The summed E-state index contributed by atoms with van der Waals surface area (Å²) in [5.74, 6) is -1.42. The van der Waals surface area contributed by atoms with Gasteiger partial charge in [-0.05, 0) is 67.5 Å². The second-order valence-corrected chi connectivity index (χ2v) is 13.2. The standard InChI is InChI=1S/C28H24F8N2O4S/c29-19-3-5-20(6-4-19)43(40,41)25-9-12-38(23(39)24(16-37)10-13-42-14-11-24)22(25)8-1-17-15-18(2-7-21(17)25)26(30,27(31,32)33)28(34,35)36/h2-7,15,22H,1,8-14H2/t22-,25-/m1/s1. The van der Waals surface area contributed by atoms with Crippen LogP contribution in [0.1, 0.15) is 42.4 Å². The van der Waals surface area contributed by atoms with Gasteiger partial charge in [0.15, 0.2) is 9.84 Å². The first kappa shape index (κ1) is 31.2. The number of benzene rings is 2. The summed E-state index contributed by atoms with van der Waals surface area (Å²) in [4.78, 5) is 14.7. The summed E-state index contributed by atoms with van der Waals surface area (Å²) >= 11 is 0. The first-order valence-electron chi connectivity index (χ1n) is 13.2. The van der Waals surface area contributed by atoms with Crippen molar-refractivity contribution in [2.75, 3.05) is 19.8 Å². The highest BCUT2D eigenvalue weighted by molar-refractivity contribution is 7.92. The Bertz CT molecular complexity index is 1560. The fraction of sp³-hybridized carbons (Fsp3) is 0.500. The zero-order chi connectivity index (χ0) is 31.6. The fourth-order valence-electron chi connectivity index (χ4n) is 6.67. The molecular formula is C28H24F8N2O4S. The number of carbonyl (C=O) groups is 1. The van der Waals surface area contributed by atoms with E-state index in [0.29, 0.717) is 6.07 Å². The van der Waals surface area contributed by atoms with Gasteiger partial charge in [-0.25, -0.2) is 17.2 Å². The van der Waals surface area contributed by atoms with Crippen LogP contribution in [0.3, 0.4) is 0 Å². The average Bonchev–Trinajstić information content (AvgIpc) is 3.37. The van der Waals surface area contributed by atoms with Gasteiger partial charge in [-0.15, -0.1) is 0 Å². The summed E-state index contributed by atoms with van der Waals surface area (Å²) in [5, 5.41) is 9.97. The maximum Gasteiger partial charge on any atom is 0.435 e. The van der Waals surface area contributed by atoms with Crippen molar-refractivity contribution in [2.24, 2.45) is 5.41 Å². The molecule has 6 nitrogen and oxygen atoms in total. The minimum Gasteiger partial charge on any atom is -0.381 e. The molecule has 1 aliphatic carbocycles. The number of nitrogens with zero attached hydrogens (tertiary/aromatic N) is 2. The van der Waals surface area contributed by atoms with Gasteiger partial charge in [0.1, 0.15) is 16.0 Å². The number of likely N-dealkylation sites (tertiary alicyclic amines) is 1. The number of alkyl halides is 7. The number of halogens is 8. The van der Waals surface area contributed by atoms with Crippen LogP contribution in [0, 0.1) is 22.6 Å². The molecule has 0 N–H and O–H groups in total. The van der Waals surface area contributed by atoms with Gasteiger partial charge in [0.25, 0.3) is 0 Å². The predicted octanol–water partition coefficient (Wildman–Crippen LogP) is 5.65. The van der Waals surface area contributed by atoms with Crippen LogP contribution in [0.2, 0.25) is 0 Å². The highest BCUT2D eigenvalue weighted by Gasteiger charge is 2.74. The summed E-state index contributed by atoms with van der Waals surface area (Å²) in [6, 6.07) is 5.94. The van der Waals surface area contributed by atoms with Crippen LogP contribution in [0.5, 0.6) is 0 Å². The normalized spacial score (nSPS) is 24.2. The number of nitriles is 1. The van der Waals surface area contributed by atoms with E-state index in [4.69, 9.17) is 4.74 Å². The number of carbonyl (C=O) groups excluding carboxylic acids is 1. The van der Waals surface area contributed by atoms with E-state index in [1.54, 1.807) is 0 Å². The molecule has 15 heteroatoms. The first-order valence-corrected chi connectivity index (χ1v) is 14.7. The summed E-state index contributed by atoms with van der Waals surface area (Å²) in [6.45, 7) is 0.00517. The summed E-state index contributed by atoms with van der Waals surface area (Å²) in [6.07, 6.45) is -13.5. The lowest BCUT2D eigenvalue weighted by molar-refractivity contribution is -0.348. The zero-order valence-electron chi connectivity index (χ0n) is 22.2. The molecular weight excluding hydrogens is 612 g/mol.